The Balaban J connectivity index is 2.67. The predicted molar refractivity (Wildman–Crippen MR) is 46.3 cm³/mol. The summed E-state index contributed by atoms with van der Waals surface area (Å²) < 4.78 is 0. The van der Waals surface area contributed by atoms with Gasteiger partial charge < -0.3 is 10.4 Å². The molecule has 0 bridgehead atoms. The minimum absolute atomic E-state index is 0.150. The van der Waals surface area contributed by atoms with Gasteiger partial charge in [0.15, 0.2) is 0 Å². The molecule has 1 atom stereocenters. The summed E-state index contributed by atoms with van der Waals surface area (Å²) in [6.45, 7) is 0. The van der Waals surface area contributed by atoms with Crippen molar-refractivity contribution < 1.29 is 14.7 Å². The van der Waals surface area contributed by atoms with Crippen molar-refractivity contribution in [1.29, 1.82) is 0 Å². The van der Waals surface area contributed by atoms with E-state index in [2.05, 4.69) is 10.3 Å². The smallest absolute Gasteiger partial charge is 0.305 e. The number of thiazole rings is 1. The molecule has 0 saturated heterocycles. The summed E-state index contributed by atoms with van der Waals surface area (Å²) in [5.74, 6) is -0.965. The molecule has 0 saturated carbocycles. The maximum atomic E-state index is 10.4. The molecule has 5 nitrogen and oxygen atoms in total. The highest BCUT2D eigenvalue weighted by Gasteiger charge is 2.15. The van der Waals surface area contributed by atoms with Crippen LogP contribution in [0.3, 0.4) is 0 Å². The van der Waals surface area contributed by atoms with E-state index in [9.17, 15) is 9.59 Å². The van der Waals surface area contributed by atoms with Crippen LogP contribution in [0.5, 0.6) is 0 Å². The normalized spacial score (nSPS) is 12.0. The molecule has 13 heavy (non-hydrogen) atoms. The zero-order chi connectivity index (χ0) is 9.68. The third kappa shape index (κ3) is 2.83. The minimum Gasteiger partial charge on any atom is -0.481 e. The third-order valence-corrected chi connectivity index (χ3v) is 2.06. The van der Waals surface area contributed by atoms with Gasteiger partial charge in [-0.05, 0) is 0 Å². The van der Waals surface area contributed by atoms with Crippen molar-refractivity contribution in [2.45, 2.75) is 12.5 Å². The molecule has 2 N–H and O–H groups in total. The van der Waals surface area contributed by atoms with Crippen LogP contribution in [0.15, 0.2) is 10.9 Å². The van der Waals surface area contributed by atoms with Gasteiger partial charge in [-0.15, -0.1) is 11.3 Å². The lowest BCUT2D eigenvalue weighted by molar-refractivity contribution is -0.137. The van der Waals surface area contributed by atoms with Crippen LogP contribution >= 0.6 is 11.3 Å². The van der Waals surface area contributed by atoms with Gasteiger partial charge in [-0.25, -0.2) is 4.98 Å². The molecular formula is C7H8N2O3S. The van der Waals surface area contributed by atoms with Gasteiger partial charge in [-0.1, -0.05) is 0 Å². The molecule has 0 aromatic carbocycles. The lowest BCUT2D eigenvalue weighted by Crippen LogP contribution is -2.22. The highest BCUT2D eigenvalue weighted by Crippen LogP contribution is 2.15. The average molecular weight is 200 g/mol. The first kappa shape index (κ1) is 9.66. The molecule has 0 aliphatic rings. The Bertz CT molecular complexity index is 286. The van der Waals surface area contributed by atoms with Crippen LogP contribution in [0.2, 0.25) is 0 Å². The van der Waals surface area contributed by atoms with E-state index in [-0.39, 0.29) is 6.42 Å². The maximum Gasteiger partial charge on any atom is 0.305 e. The number of aromatic nitrogens is 1. The number of carbonyl (C=O) groups excluding carboxylic acids is 1. The fourth-order valence-corrected chi connectivity index (χ4v) is 1.51. The van der Waals surface area contributed by atoms with E-state index >= 15 is 0 Å². The Kier molecular flexibility index (Phi) is 3.39. The molecule has 1 heterocycles. The molecule has 1 rings (SSSR count). The van der Waals surface area contributed by atoms with Crippen LogP contribution in [0.25, 0.3) is 0 Å². The Morgan fingerprint density at radius 2 is 2.62 bits per heavy atom. The molecule has 0 fully saturated rings. The van der Waals surface area contributed by atoms with Crippen LogP contribution in [0.4, 0.5) is 0 Å². The molecule has 0 aliphatic heterocycles. The van der Waals surface area contributed by atoms with Gasteiger partial charge in [0.2, 0.25) is 6.41 Å². The number of nitrogens with zero attached hydrogens (tertiary/aromatic N) is 1. The standard InChI is InChI=1S/C7H8N2O3S/c10-3-8-5(1-7(11)12)6-2-13-4-9-6/h2-5H,1H2,(H,8,10)(H,11,12)/t5-/m0/s1. The Morgan fingerprint density at radius 3 is 3.08 bits per heavy atom. The fourth-order valence-electron chi connectivity index (χ4n) is 0.900. The van der Waals surface area contributed by atoms with Gasteiger partial charge in [0.05, 0.1) is 23.7 Å². The van der Waals surface area contributed by atoms with Crippen LogP contribution in [-0.4, -0.2) is 22.5 Å². The van der Waals surface area contributed by atoms with E-state index in [0.717, 1.165) is 0 Å². The molecule has 70 valence electrons. The first-order valence-corrected chi connectivity index (χ1v) is 4.48. The Labute approximate surface area is 78.4 Å². The number of carboxylic acids is 1. The number of rotatable bonds is 5. The minimum atomic E-state index is -0.965. The zero-order valence-corrected chi connectivity index (χ0v) is 7.45. The number of nitrogens with one attached hydrogen (secondary N) is 1. The van der Waals surface area contributed by atoms with Crippen molar-refractivity contribution in [3.8, 4) is 0 Å². The van der Waals surface area contributed by atoms with Crippen LogP contribution in [-0.2, 0) is 9.59 Å². The first-order chi connectivity index (χ1) is 6.24. The van der Waals surface area contributed by atoms with Gasteiger partial charge >= 0.3 is 5.97 Å². The van der Waals surface area contributed by atoms with E-state index in [1.807, 2.05) is 0 Å². The predicted octanol–water partition coefficient (Wildman–Crippen LogP) is 0.405. The number of carboxylic acid groups (broad SMARTS) is 1. The lowest BCUT2D eigenvalue weighted by atomic mass is 10.1. The third-order valence-electron chi connectivity index (χ3n) is 1.46. The molecule has 0 unspecified atom stereocenters. The first-order valence-electron chi connectivity index (χ1n) is 3.53. The van der Waals surface area contributed by atoms with Gasteiger partial charge in [-0.2, -0.15) is 0 Å². The van der Waals surface area contributed by atoms with Crippen molar-refractivity contribution in [2.75, 3.05) is 0 Å². The number of carbonyl (C=O) groups is 2. The largest absolute Gasteiger partial charge is 0.481 e. The Hall–Kier alpha value is -1.43. The molecule has 0 radical (unpaired) electrons. The summed E-state index contributed by atoms with van der Waals surface area (Å²) in [5.41, 5.74) is 2.18. The summed E-state index contributed by atoms with van der Waals surface area (Å²) in [4.78, 5) is 24.5. The topological polar surface area (TPSA) is 79.3 Å². The van der Waals surface area contributed by atoms with Crippen LogP contribution in [0, 0.1) is 0 Å². The number of hydrogen-bond donors (Lipinski definition) is 2. The molecular weight excluding hydrogens is 192 g/mol. The van der Waals surface area contributed by atoms with E-state index in [0.29, 0.717) is 12.1 Å². The highest BCUT2D eigenvalue weighted by atomic mass is 32.1. The summed E-state index contributed by atoms with van der Waals surface area (Å²) in [5, 5.41) is 12.6. The quantitative estimate of drug-likeness (QED) is 0.674. The summed E-state index contributed by atoms with van der Waals surface area (Å²) in [6, 6.07) is -0.527. The number of aliphatic carboxylic acids is 1. The second-order valence-corrected chi connectivity index (χ2v) is 3.07. The molecule has 1 aromatic rings. The van der Waals surface area contributed by atoms with Gasteiger partial charge in [-0.3, -0.25) is 9.59 Å². The summed E-state index contributed by atoms with van der Waals surface area (Å²) in [6.07, 6.45) is 0.329. The van der Waals surface area contributed by atoms with Gasteiger partial charge in [0, 0.05) is 5.38 Å². The second kappa shape index (κ2) is 4.56. The van der Waals surface area contributed by atoms with E-state index in [1.165, 1.54) is 11.3 Å². The van der Waals surface area contributed by atoms with E-state index in [1.54, 1.807) is 10.9 Å². The monoisotopic (exact) mass is 200 g/mol. The SMILES string of the molecule is O=CN[C@@H](CC(=O)O)c1cscn1. The average Bonchev–Trinajstić information content (AvgIpc) is 2.54. The van der Waals surface area contributed by atoms with Crippen molar-refractivity contribution in [1.82, 2.24) is 10.3 Å². The molecule has 1 aromatic heterocycles. The molecule has 1 amide bonds. The Morgan fingerprint density at radius 1 is 1.85 bits per heavy atom. The second-order valence-electron chi connectivity index (χ2n) is 2.35. The lowest BCUT2D eigenvalue weighted by Gasteiger charge is -2.09. The number of amides is 1. The number of hydrogen-bond acceptors (Lipinski definition) is 4. The van der Waals surface area contributed by atoms with E-state index in [4.69, 9.17) is 5.11 Å². The van der Waals surface area contributed by atoms with Crippen LogP contribution < -0.4 is 5.32 Å². The van der Waals surface area contributed by atoms with E-state index < -0.39 is 12.0 Å². The molecule has 6 heteroatoms. The zero-order valence-electron chi connectivity index (χ0n) is 6.64. The summed E-state index contributed by atoms with van der Waals surface area (Å²) in [7, 11) is 0. The maximum absolute atomic E-state index is 10.4. The fraction of sp³-hybridized carbons (Fsp3) is 0.286. The van der Waals surface area contributed by atoms with Crippen molar-refractivity contribution in [3.05, 3.63) is 16.6 Å². The van der Waals surface area contributed by atoms with Crippen LogP contribution in [0.1, 0.15) is 18.2 Å². The van der Waals surface area contributed by atoms with Crippen molar-refractivity contribution >= 4 is 23.7 Å². The van der Waals surface area contributed by atoms with Gasteiger partial charge in [0.25, 0.3) is 0 Å². The summed E-state index contributed by atoms with van der Waals surface area (Å²) >= 11 is 1.36. The van der Waals surface area contributed by atoms with Crippen molar-refractivity contribution in [3.63, 3.8) is 0 Å². The molecule has 0 aliphatic carbocycles. The van der Waals surface area contributed by atoms with Gasteiger partial charge in [0.1, 0.15) is 0 Å². The molecule has 0 spiro atoms. The highest BCUT2D eigenvalue weighted by molar-refractivity contribution is 7.07. The van der Waals surface area contributed by atoms with Crippen molar-refractivity contribution in [2.24, 2.45) is 0 Å².